The minimum atomic E-state index is -0.967. The number of β-amino-alcohol motifs (C(OH)–C–C–N with tert-alkyl or cyclic N) is 1. The summed E-state index contributed by atoms with van der Waals surface area (Å²) in [6.45, 7) is 9.57. The van der Waals surface area contributed by atoms with Crippen LogP contribution in [-0.4, -0.2) is 120 Å². The third-order valence-electron chi connectivity index (χ3n) is 12.0. The lowest BCUT2D eigenvalue weighted by atomic mass is 9.85. The first-order valence-corrected chi connectivity index (χ1v) is 24.3. The maximum atomic E-state index is 14.1. The van der Waals surface area contributed by atoms with E-state index in [1.165, 1.54) is 25.3 Å². The number of pyridine rings is 1. The number of ether oxygens (including phenoxy) is 1. The molecule has 7 N–H and O–H groups in total. The molecule has 0 saturated carbocycles. The summed E-state index contributed by atoms with van der Waals surface area (Å²) in [5, 5.41) is 41.0. The average molecular weight is 1000 g/mol. The number of likely N-dealkylation sites (tertiary alicyclic amines) is 1. The zero-order chi connectivity index (χ0) is 51.7. The molecule has 1 aliphatic heterocycles. The summed E-state index contributed by atoms with van der Waals surface area (Å²) in [4.78, 5) is 82.5. The highest BCUT2D eigenvalue weighted by Gasteiger charge is 2.44. The van der Waals surface area contributed by atoms with Crippen LogP contribution in [0.4, 0.5) is 23.0 Å². The van der Waals surface area contributed by atoms with Crippen molar-refractivity contribution in [2.24, 2.45) is 12.5 Å². The van der Waals surface area contributed by atoms with Crippen LogP contribution in [0.25, 0.3) is 21.8 Å². The molecule has 5 amide bonds. The number of rotatable bonds is 19. The molecule has 4 atom stereocenters. The number of nitrogens with one attached hydrogen (secondary N) is 6. The van der Waals surface area contributed by atoms with Gasteiger partial charge in [0.15, 0.2) is 23.1 Å². The Kier molecular flexibility index (Phi) is 16.6. The van der Waals surface area contributed by atoms with Crippen LogP contribution in [0, 0.1) is 12.3 Å². The number of unbranched alkanes of at least 4 members (excludes halogenated alkanes) is 1. The number of hydrogen-bond donors (Lipinski definition) is 7. The minimum absolute atomic E-state index is 0.0266. The Labute approximate surface area is 421 Å². The predicted molar refractivity (Wildman–Crippen MR) is 272 cm³/mol. The molecule has 1 fully saturated rings. The van der Waals surface area contributed by atoms with Gasteiger partial charge in [0.25, 0.3) is 11.8 Å². The summed E-state index contributed by atoms with van der Waals surface area (Å²) >= 11 is 1.56. The van der Waals surface area contributed by atoms with E-state index in [0.29, 0.717) is 52.7 Å². The van der Waals surface area contributed by atoms with E-state index in [1.54, 1.807) is 65.2 Å². The van der Waals surface area contributed by atoms with Crippen molar-refractivity contribution >= 4 is 63.9 Å². The number of para-hydroxylation sites is 1. The summed E-state index contributed by atoms with van der Waals surface area (Å²) in [7, 11) is 4.77. The number of aryl methyl sites for hydroxylation is 2. The van der Waals surface area contributed by atoms with E-state index < -0.39 is 35.4 Å². The second kappa shape index (κ2) is 22.9. The van der Waals surface area contributed by atoms with Crippen molar-refractivity contribution in [3.8, 4) is 27.6 Å². The Bertz CT molecular complexity index is 2900. The summed E-state index contributed by atoms with van der Waals surface area (Å²) in [5.41, 5.74) is 5.76. The highest BCUT2D eigenvalue weighted by molar-refractivity contribution is 7.13. The fourth-order valence-electron chi connectivity index (χ4n) is 8.17. The summed E-state index contributed by atoms with van der Waals surface area (Å²) < 4.78 is 7.31. The Morgan fingerprint density at radius 2 is 1.69 bits per heavy atom. The van der Waals surface area contributed by atoms with Gasteiger partial charge < -0.3 is 46.6 Å². The number of aliphatic hydroxyl groups is 1. The van der Waals surface area contributed by atoms with Gasteiger partial charge in [-0.2, -0.15) is 5.10 Å². The standard InChI is InChI=1S/C50H60N14O7S/c1-28(30-15-17-31(18-16-30)43-29(2)55-27-72-43)56-47(68)37-22-33(65)25-64(37)49(70)44(50(3,4)5)59-40(66)14-9-10-21-52-46(67)32-19-20-38(53-24-32)58-39-23-36(41(61-60-39)48(69)51-6)57-35-13-11-12-34(42(35)71-8)45-54-26-63(7)62-45/h11-13,15-20,23-24,26-28,33,37,44,65H,9-10,14,21-22,25H2,1-8H3,(H,51,69)(H,52,67)(H,56,68)(H,59,66)(H2,53,57,58,60)/t28-,33+,37-,44+/m0/s1. The molecule has 21 nitrogen and oxygen atoms in total. The Hall–Kier alpha value is -7.85. The first-order chi connectivity index (χ1) is 34.4. The van der Waals surface area contributed by atoms with Crippen LogP contribution in [-0.2, 0) is 21.4 Å². The largest absolute Gasteiger partial charge is 0.494 e. The van der Waals surface area contributed by atoms with Crippen LogP contribution in [0.15, 0.2) is 78.7 Å². The number of amides is 5. The van der Waals surface area contributed by atoms with Gasteiger partial charge in [-0.15, -0.1) is 21.5 Å². The van der Waals surface area contributed by atoms with Gasteiger partial charge in [0, 0.05) is 52.3 Å². The Morgan fingerprint density at radius 1 is 0.917 bits per heavy atom. The number of benzene rings is 2. The van der Waals surface area contributed by atoms with Crippen LogP contribution in [0.2, 0.25) is 0 Å². The molecule has 1 aliphatic rings. The van der Waals surface area contributed by atoms with E-state index in [0.717, 1.165) is 21.7 Å². The number of aromatic nitrogens is 7. The van der Waals surface area contributed by atoms with E-state index in [2.05, 4.69) is 62.1 Å². The summed E-state index contributed by atoms with van der Waals surface area (Å²) in [5.74, 6) is -0.507. The van der Waals surface area contributed by atoms with Gasteiger partial charge in [-0.3, -0.25) is 28.7 Å². The maximum Gasteiger partial charge on any atom is 0.273 e. The molecule has 0 unspecified atom stereocenters. The molecule has 2 aromatic carbocycles. The molecular formula is C50H60N14O7S. The highest BCUT2D eigenvalue weighted by atomic mass is 32.1. The second-order valence-electron chi connectivity index (χ2n) is 18.5. The molecule has 6 aromatic rings. The smallest absolute Gasteiger partial charge is 0.273 e. The maximum absolute atomic E-state index is 14.1. The average Bonchev–Trinajstić information content (AvgIpc) is 4.11. The molecule has 5 heterocycles. The van der Waals surface area contributed by atoms with Gasteiger partial charge in [-0.25, -0.2) is 15.0 Å². The molecule has 0 aliphatic carbocycles. The number of nitrogens with zero attached hydrogens (tertiary/aromatic N) is 8. The fourth-order valence-corrected chi connectivity index (χ4v) is 8.98. The lowest BCUT2D eigenvalue weighted by molar-refractivity contribution is -0.144. The molecular weight excluding hydrogens is 941 g/mol. The number of thiazole rings is 1. The number of carbonyl (C=O) groups is 5. The first kappa shape index (κ1) is 52.0. The summed E-state index contributed by atoms with van der Waals surface area (Å²) in [6.07, 6.45) is 3.15. The third-order valence-corrected chi connectivity index (χ3v) is 13.0. The van der Waals surface area contributed by atoms with Gasteiger partial charge in [-0.1, -0.05) is 51.1 Å². The lowest BCUT2D eigenvalue weighted by Crippen LogP contribution is -2.57. The topological polar surface area (TPSA) is 272 Å². The van der Waals surface area contributed by atoms with Gasteiger partial charge in [0.2, 0.25) is 17.7 Å². The van der Waals surface area contributed by atoms with Gasteiger partial charge in [0.1, 0.15) is 24.2 Å². The van der Waals surface area contributed by atoms with E-state index in [-0.39, 0.29) is 61.2 Å². The fraction of sp³-hybridized carbons (Fsp3) is 0.380. The van der Waals surface area contributed by atoms with Gasteiger partial charge in [-0.05, 0) is 67.5 Å². The SMILES string of the molecule is CNC(=O)c1nnc(Nc2ccc(C(=O)NCCCCC(=O)N[C@H](C(=O)N3C[C@H](O)C[C@H]3C(=O)N[C@@H](C)c3ccc(-c4scnc4C)cc3)C(C)(C)C)cn2)cc1Nc1cccc(-c2ncn(C)n2)c1OC. The number of methoxy groups -OCH3 is 1. The normalized spacial score (nSPS) is 15.3. The quantitative estimate of drug-likeness (QED) is 0.0513. The second-order valence-corrected chi connectivity index (χ2v) is 19.3. The molecule has 7 rings (SSSR count). The number of anilines is 4. The zero-order valence-corrected chi connectivity index (χ0v) is 42.3. The number of aliphatic hydroxyl groups excluding tert-OH is 1. The van der Waals surface area contributed by atoms with Gasteiger partial charge >= 0.3 is 0 Å². The molecule has 1 saturated heterocycles. The van der Waals surface area contributed by atoms with E-state index in [1.807, 2.05) is 65.0 Å². The van der Waals surface area contributed by atoms with Crippen molar-refractivity contribution in [2.45, 2.75) is 84.5 Å². The van der Waals surface area contributed by atoms with Crippen molar-refractivity contribution in [3.63, 3.8) is 0 Å². The Balaban J connectivity index is 0.886. The molecule has 378 valence electrons. The molecule has 0 bridgehead atoms. The van der Waals surface area contributed by atoms with Crippen LogP contribution in [0.5, 0.6) is 5.75 Å². The Morgan fingerprint density at radius 3 is 2.35 bits per heavy atom. The lowest BCUT2D eigenvalue weighted by Gasteiger charge is -2.35. The van der Waals surface area contributed by atoms with Crippen molar-refractivity contribution in [1.29, 1.82) is 0 Å². The van der Waals surface area contributed by atoms with Crippen LogP contribution in [0.1, 0.15) is 91.5 Å². The summed E-state index contributed by atoms with van der Waals surface area (Å²) in [6, 6.07) is 15.8. The predicted octanol–water partition coefficient (Wildman–Crippen LogP) is 5.22. The van der Waals surface area contributed by atoms with E-state index in [9.17, 15) is 29.1 Å². The van der Waals surface area contributed by atoms with Crippen molar-refractivity contribution in [3.05, 3.63) is 101 Å². The molecule has 22 heteroatoms. The van der Waals surface area contributed by atoms with Gasteiger partial charge in [0.05, 0.1) is 57.8 Å². The van der Waals surface area contributed by atoms with E-state index in [4.69, 9.17) is 4.74 Å². The van der Waals surface area contributed by atoms with Crippen LogP contribution < -0.4 is 36.6 Å². The third kappa shape index (κ3) is 12.5. The van der Waals surface area contributed by atoms with Crippen molar-refractivity contribution < 1.29 is 33.8 Å². The molecule has 0 spiro atoms. The van der Waals surface area contributed by atoms with Crippen LogP contribution >= 0.6 is 11.3 Å². The molecule has 0 radical (unpaired) electrons. The number of carbonyl (C=O) groups excluding carboxylic acids is 5. The number of hydrogen-bond acceptors (Lipinski definition) is 16. The monoisotopic (exact) mass is 1000 g/mol. The first-order valence-electron chi connectivity index (χ1n) is 23.4. The van der Waals surface area contributed by atoms with E-state index >= 15 is 0 Å². The van der Waals surface area contributed by atoms with Crippen LogP contribution in [0.3, 0.4) is 0 Å². The van der Waals surface area contributed by atoms with Crippen molar-refractivity contribution in [2.75, 3.05) is 37.9 Å². The zero-order valence-electron chi connectivity index (χ0n) is 41.4. The molecule has 72 heavy (non-hydrogen) atoms. The van der Waals surface area contributed by atoms with Crippen molar-refractivity contribution in [1.82, 2.24) is 61.1 Å². The highest BCUT2D eigenvalue weighted by Crippen LogP contribution is 2.37. The molecule has 4 aromatic heterocycles. The minimum Gasteiger partial charge on any atom is -0.494 e.